The van der Waals surface area contributed by atoms with Gasteiger partial charge in [0.1, 0.15) is 5.01 Å². The van der Waals surface area contributed by atoms with E-state index < -0.39 is 0 Å². The van der Waals surface area contributed by atoms with Crippen LogP contribution in [0.1, 0.15) is 16.5 Å². The first-order valence-corrected chi connectivity index (χ1v) is 7.54. The molecule has 0 unspecified atom stereocenters. The Morgan fingerprint density at radius 2 is 2.14 bits per heavy atom. The monoisotopic (exact) mass is 304 g/mol. The molecule has 1 saturated heterocycles. The van der Waals surface area contributed by atoms with Gasteiger partial charge < -0.3 is 16.0 Å². The number of likely N-dealkylation sites (tertiary alicyclic amines) is 1. The summed E-state index contributed by atoms with van der Waals surface area (Å²) in [4.78, 5) is 17.7. The molecule has 110 valence electrons. The highest BCUT2D eigenvalue weighted by atomic mass is 32.1. The maximum atomic E-state index is 11.9. The van der Waals surface area contributed by atoms with Crippen LogP contribution in [0, 0.1) is 0 Å². The van der Waals surface area contributed by atoms with Crippen molar-refractivity contribution in [2.45, 2.75) is 12.3 Å². The number of rotatable bonds is 4. The molecule has 3 rings (SSSR count). The lowest BCUT2D eigenvalue weighted by Gasteiger charge is -2.39. The van der Waals surface area contributed by atoms with Gasteiger partial charge in [-0.25, -0.2) is 4.79 Å². The first-order chi connectivity index (χ1) is 10.2. The smallest absolute Gasteiger partial charge is 0.317 e. The zero-order chi connectivity index (χ0) is 14.7. The highest BCUT2D eigenvalue weighted by Gasteiger charge is 2.31. The molecule has 0 spiro atoms. The molecule has 1 fully saturated rings. The summed E-state index contributed by atoms with van der Waals surface area (Å²) < 4.78 is 0. The Labute approximate surface area is 126 Å². The summed E-state index contributed by atoms with van der Waals surface area (Å²) in [6.07, 6.45) is 4.22. The van der Waals surface area contributed by atoms with Gasteiger partial charge in [0.15, 0.2) is 0 Å². The molecule has 0 atom stereocenters. The highest BCUT2D eigenvalue weighted by molar-refractivity contribution is 7.15. The van der Waals surface area contributed by atoms with Crippen LogP contribution < -0.4 is 11.1 Å². The topological polar surface area (TPSA) is 97.0 Å². The van der Waals surface area contributed by atoms with Gasteiger partial charge in [-0.05, 0) is 17.7 Å². The van der Waals surface area contributed by atoms with Crippen LogP contribution in [0.4, 0.5) is 9.93 Å². The molecular formula is C13H16N6OS. The van der Waals surface area contributed by atoms with Gasteiger partial charge >= 0.3 is 6.03 Å². The van der Waals surface area contributed by atoms with Crippen LogP contribution >= 0.6 is 11.3 Å². The van der Waals surface area contributed by atoms with Gasteiger partial charge in [-0.1, -0.05) is 11.3 Å². The number of amides is 2. The molecule has 1 aliphatic rings. The maximum absolute atomic E-state index is 11.9. The number of pyridine rings is 1. The van der Waals surface area contributed by atoms with E-state index in [1.807, 2.05) is 12.1 Å². The van der Waals surface area contributed by atoms with Crippen molar-refractivity contribution in [3.63, 3.8) is 0 Å². The van der Waals surface area contributed by atoms with Crippen molar-refractivity contribution in [3.05, 3.63) is 35.1 Å². The van der Waals surface area contributed by atoms with Gasteiger partial charge in [-0.15, -0.1) is 10.2 Å². The van der Waals surface area contributed by atoms with Crippen molar-refractivity contribution in [1.29, 1.82) is 0 Å². The fraction of sp³-hybridized carbons (Fsp3) is 0.385. The van der Waals surface area contributed by atoms with Crippen LogP contribution in [0.15, 0.2) is 24.5 Å². The SMILES string of the molecule is Nc1nnc(CCNC(=O)N2CC(c3ccncc3)C2)s1. The van der Waals surface area contributed by atoms with Crippen molar-refractivity contribution in [2.24, 2.45) is 0 Å². The lowest BCUT2D eigenvalue weighted by Crippen LogP contribution is -2.52. The predicted molar refractivity (Wildman–Crippen MR) is 80.0 cm³/mol. The molecule has 1 aliphatic heterocycles. The second-order valence-electron chi connectivity index (χ2n) is 4.90. The molecule has 2 aromatic rings. The zero-order valence-electron chi connectivity index (χ0n) is 11.4. The third-order valence-corrected chi connectivity index (χ3v) is 4.26. The Morgan fingerprint density at radius 3 is 2.81 bits per heavy atom. The summed E-state index contributed by atoms with van der Waals surface area (Å²) in [5.41, 5.74) is 6.74. The van der Waals surface area contributed by atoms with E-state index in [-0.39, 0.29) is 6.03 Å². The molecule has 21 heavy (non-hydrogen) atoms. The summed E-state index contributed by atoms with van der Waals surface area (Å²) >= 11 is 1.35. The van der Waals surface area contributed by atoms with Crippen LogP contribution in [0.3, 0.4) is 0 Å². The number of urea groups is 1. The first kappa shape index (κ1) is 13.7. The van der Waals surface area contributed by atoms with Gasteiger partial charge in [-0.2, -0.15) is 0 Å². The van der Waals surface area contributed by atoms with Gasteiger partial charge in [-0.3, -0.25) is 4.98 Å². The molecule has 0 saturated carbocycles. The van der Waals surface area contributed by atoms with Crippen LogP contribution in [-0.2, 0) is 6.42 Å². The molecule has 0 aromatic carbocycles. The number of nitrogen functional groups attached to an aromatic ring is 1. The van der Waals surface area contributed by atoms with Crippen molar-refractivity contribution in [3.8, 4) is 0 Å². The van der Waals surface area contributed by atoms with Crippen molar-refractivity contribution in [1.82, 2.24) is 25.4 Å². The van der Waals surface area contributed by atoms with Crippen LogP contribution in [-0.4, -0.2) is 45.7 Å². The van der Waals surface area contributed by atoms with Crippen molar-refractivity contribution in [2.75, 3.05) is 25.4 Å². The van der Waals surface area contributed by atoms with Gasteiger partial charge in [0, 0.05) is 44.4 Å². The summed E-state index contributed by atoms with van der Waals surface area (Å²) in [5.74, 6) is 0.418. The number of anilines is 1. The minimum absolute atomic E-state index is 0.0298. The molecule has 2 aromatic heterocycles. The quantitative estimate of drug-likeness (QED) is 0.873. The fourth-order valence-corrected chi connectivity index (χ4v) is 2.86. The summed E-state index contributed by atoms with van der Waals surface area (Å²) in [5, 5.41) is 11.8. The average molecular weight is 304 g/mol. The maximum Gasteiger partial charge on any atom is 0.317 e. The van der Waals surface area contributed by atoms with E-state index in [0.29, 0.717) is 24.0 Å². The second kappa shape index (κ2) is 6.04. The lowest BCUT2D eigenvalue weighted by molar-refractivity contribution is 0.151. The van der Waals surface area contributed by atoms with Gasteiger partial charge in [0.05, 0.1) is 0 Å². The number of aromatic nitrogens is 3. The van der Waals surface area contributed by atoms with E-state index in [2.05, 4.69) is 20.5 Å². The van der Waals surface area contributed by atoms with E-state index in [1.165, 1.54) is 16.9 Å². The Hall–Kier alpha value is -2.22. The molecule has 2 amide bonds. The number of carbonyl (C=O) groups excluding carboxylic acids is 1. The minimum Gasteiger partial charge on any atom is -0.374 e. The third kappa shape index (κ3) is 3.27. The number of carbonyl (C=O) groups is 1. The second-order valence-corrected chi connectivity index (χ2v) is 5.99. The average Bonchev–Trinajstić information content (AvgIpc) is 2.84. The Bertz CT molecular complexity index is 610. The standard InChI is InChI=1S/C13H16N6OS/c14-12-18-17-11(21-12)3-6-16-13(20)19-7-10(8-19)9-1-4-15-5-2-9/h1-2,4-5,10H,3,6-8H2,(H2,14,18)(H,16,20). The number of hydrogen-bond donors (Lipinski definition) is 2. The fourth-order valence-electron chi connectivity index (χ4n) is 2.25. The Kier molecular flexibility index (Phi) is 3.96. The molecule has 7 nitrogen and oxygen atoms in total. The number of hydrogen-bond acceptors (Lipinski definition) is 6. The van der Waals surface area contributed by atoms with E-state index in [0.717, 1.165) is 18.1 Å². The van der Waals surface area contributed by atoms with E-state index in [9.17, 15) is 4.79 Å². The van der Waals surface area contributed by atoms with Gasteiger partial charge in [0.2, 0.25) is 5.13 Å². The normalized spacial score (nSPS) is 14.8. The molecule has 0 aliphatic carbocycles. The van der Waals surface area contributed by atoms with Crippen molar-refractivity contribution >= 4 is 22.5 Å². The molecule has 0 radical (unpaired) electrons. The molecule has 8 heteroatoms. The minimum atomic E-state index is -0.0298. The third-order valence-electron chi connectivity index (χ3n) is 3.44. The number of nitrogens with zero attached hydrogens (tertiary/aromatic N) is 4. The van der Waals surface area contributed by atoms with E-state index in [4.69, 9.17) is 5.73 Å². The van der Waals surface area contributed by atoms with Gasteiger partial charge in [0.25, 0.3) is 0 Å². The summed E-state index contributed by atoms with van der Waals surface area (Å²) in [6.45, 7) is 2.05. The number of nitrogens with two attached hydrogens (primary N) is 1. The largest absolute Gasteiger partial charge is 0.374 e. The molecular weight excluding hydrogens is 288 g/mol. The van der Waals surface area contributed by atoms with Crippen LogP contribution in [0.5, 0.6) is 0 Å². The van der Waals surface area contributed by atoms with E-state index in [1.54, 1.807) is 17.3 Å². The van der Waals surface area contributed by atoms with Crippen molar-refractivity contribution < 1.29 is 4.79 Å². The Balaban J connectivity index is 1.40. The highest BCUT2D eigenvalue weighted by Crippen LogP contribution is 2.26. The van der Waals surface area contributed by atoms with E-state index >= 15 is 0 Å². The Morgan fingerprint density at radius 1 is 1.38 bits per heavy atom. The summed E-state index contributed by atoms with van der Waals surface area (Å²) in [7, 11) is 0. The lowest BCUT2D eigenvalue weighted by atomic mass is 9.93. The number of nitrogens with one attached hydrogen (secondary N) is 1. The van der Waals surface area contributed by atoms with Crippen LogP contribution in [0.25, 0.3) is 0 Å². The first-order valence-electron chi connectivity index (χ1n) is 6.73. The zero-order valence-corrected chi connectivity index (χ0v) is 12.2. The summed E-state index contributed by atoms with van der Waals surface area (Å²) in [6, 6.07) is 3.97. The molecule has 0 bridgehead atoms. The van der Waals surface area contributed by atoms with Crippen LogP contribution in [0.2, 0.25) is 0 Å². The molecule has 3 heterocycles. The predicted octanol–water partition coefficient (Wildman–Crippen LogP) is 0.867. The molecule has 3 N–H and O–H groups in total.